The lowest BCUT2D eigenvalue weighted by molar-refractivity contribution is 0.0734. The van der Waals surface area contributed by atoms with Gasteiger partial charge in [0.2, 0.25) is 5.82 Å². The summed E-state index contributed by atoms with van der Waals surface area (Å²) in [4.78, 5) is 31.5. The molecule has 8 heteroatoms. The van der Waals surface area contributed by atoms with E-state index in [-0.39, 0.29) is 11.7 Å². The number of benzene rings is 2. The first kappa shape index (κ1) is 17.8. The van der Waals surface area contributed by atoms with E-state index in [9.17, 15) is 9.59 Å². The number of H-pyrrole nitrogens is 1. The van der Waals surface area contributed by atoms with Crippen LogP contribution in [0, 0.1) is 0 Å². The number of nitrogens with zero attached hydrogens (tertiary/aromatic N) is 4. The van der Waals surface area contributed by atoms with E-state index in [0.29, 0.717) is 31.9 Å². The predicted molar refractivity (Wildman–Crippen MR) is 105 cm³/mol. The fourth-order valence-electron chi connectivity index (χ4n) is 3.36. The second kappa shape index (κ2) is 7.59. The maximum Gasteiger partial charge on any atom is 0.348 e. The Morgan fingerprint density at radius 1 is 1.00 bits per heavy atom. The van der Waals surface area contributed by atoms with Gasteiger partial charge in [0.1, 0.15) is 5.75 Å². The van der Waals surface area contributed by atoms with Crippen molar-refractivity contribution in [3.63, 3.8) is 0 Å². The van der Waals surface area contributed by atoms with Crippen molar-refractivity contribution >= 4 is 11.6 Å². The van der Waals surface area contributed by atoms with Crippen LogP contribution in [0.2, 0.25) is 0 Å². The highest BCUT2D eigenvalue weighted by molar-refractivity contribution is 5.90. The quantitative estimate of drug-likeness (QED) is 0.743. The third kappa shape index (κ3) is 3.36. The van der Waals surface area contributed by atoms with Gasteiger partial charge in [-0.1, -0.05) is 30.3 Å². The molecular weight excluding hydrogens is 358 g/mol. The van der Waals surface area contributed by atoms with E-state index in [1.54, 1.807) is 24.1 Å². The van der Waals surface area contributed by atoms with Gasteiger partial charge in [-0.25, -0.2) is 4.79 Å². The van der Waals surface area contributed by atoms with Crippen molar-refractivity contribution in [3.05, 3.63) is 70.9 Å². The molecule has 0 radical (unpaired) electrons. The van der Waals surface area contributed by atoms with Gasteiger partial charge >= 0.3 is 5.69 Å². The lowest BCUT2D eigenvalue weighted by atomic mass is 10.2. The summed E-state index contributed by atoms with van der Waals surface area (Å²) < 4.78 is 6.63. The molecule has 1 aromatic heterocycles. The molecule has 0 atom stereocenters. The average molecular weight is 379 g/mol. The summed E-state index contributed by atoms with van der Waals surface area (Å²) in [5.74, 6) is 0.597. The van der Waals surface area contributed by atoms with Crippen molar-refractivity contribution in [1.29, 1.82) is 0 Å². The number of nitrogens with one attached hydrogen (secondary N) is 1. The number of hydrogen-bond donors (Lipinski definition) is 1. The Labute approximate surface area is 162 Å². The molecule has 0 unspecified atom stereocenters. The second-order valence-electron chi connectivity index (χ2n) is 6.48. The van der Waals surface area contributed by atoms with E-state index < -0.39 is 5.69 Å². The highest BCUT2D eigenvalue weighted by Gasteiger charge is 2.26. The second-order valence-corrected chi connectivity index (χ2v) is 6.48. The zero-order valence-electron chi connectivity index (χ0n) is 15.5. The number of para-hydroxylation sites is 3. The SMILES string of the molecule is COc1ccccc1N1CCN(C(=O)c2nn(-c3ccccc3)c(=O)[nH]2)CC1. The Hall–Kier alpha value is -3.55. The molecule has 3 aromatic rings. The Bertz CT molecular complexity index is 1020. The number of methoxy groups -OCH3 is 1. The molecule has 0 bridgehead atoms. The van der Waals surface area contributed by atoms with Gasteiger partial charge < -0.3 is 14.5 Å². The predicted octanol–water partition coefficient (Wildman–Crippen LogP) is 1.53. The van der Waals surface area contributed by atoms with Crippen LogP contribution in [0.25, 0.3) is 5.69 Å². The van der Waals surface area contributed by atoms with Gasteiger partial charge in [-0.15, -0.1) is 5.10 Å². The van der Waals surface area contributed by atoms with E-state index in [1.807, 2.05) is 42.5 Å². The van der Waals surface area contributed by atoms with Gasteiger partial charge in [0, 0.05) is 26.2 Å². The smallest absolute Gasteiger partial charge is 0.348 e. The number of hydrogen-bond acceptors (Lipinski definition) is 5. The zero-order chi connectivity index (χ0) is 19.5. The van der Waals surface area contributed by atoms with Crippen LogP contribution >= 0.6 is 0 Å². The summed E-state index contributed by atoms with van der Waals surface area (Å²) in [5.41, 5.74) is 1.20. The van der Waals surface area contributed by atoms with Gasteiger partial charge in [-0.3, -0.25) is 9.78 Å². The number of anilines is 1. The number of aromatic nitrogens is 3. The average Bonchev–Trinajstić information content (AvgIpc) is 3.15. The Balaban J connectivity index is 1.47. The fourth-order valence-corrected chi connectivity index (χ4v) is 3.36. The maximum absolute atomic E-state index is 12.8. The first-order chi connectivity index (χ1) is 13.7. The Kier molecular flexibility index (Phi) is 4.84. The highest BCUT2D eigenvalue weighted by Crippen LogP contribution is 2.28. The molecule has 8 nitrogen and oxygen atoms in total. The summed E-state index contributed by atoms with van der Waals surface area (Å²) in [6, 6.07) is 16.9. The van der Waals surface area contributed by atoms with Crippen LogP contribution in [0.1, 0.15) is 10.6 Å². The Morgan fingerprint density at radius 2 is 1.68 bits per heavy atom. The molecule has 1 fully saturated rings. The van der Waals surface area contributed by atoms with Crippen molar-refractivity contribution in [2.75, 3.05) is 38.2 Å². The molecule has 0 saturated carbocycles. The number of piperazine rings is 1. The number of rotatable bonds is 4. The summed E-state index contributed by atoms with van der Waals surface area (Å²) >= 11 is 0. The number of carbonyl (C=O) groups excluding carboxylic acids is 1. The number of aromatic amines is 1. The summed E-state index contributed by atoms with van der Waals surface area (Å²) in [6.07, 6.45) is 0. The van der Waals surface area contributed by atoms with Crippen molar-refractivity contribution in [2.24, 2.45) is 0 Å². The largest absolute Gasteiger partial charge is 0.495 e. The van der Waals surface area contributed by atoms with Crippen LogP contribution in [0.3, 0.4) is 0 Å². The first-order valence-electron chi connectivity index (χ1n) is 9.09. The van der Waals surface area contributed by atoms with Crippen molar-refractivity contribution in [1.82, 2.24) is 19.7 Å². The van der Waals surface area contributed by atoms with E-state index in [4.69, 9.17) is 4.74 Å². The van der Waals surface area contributed by atoms with Crippen LogP contribution in [-0.2, 0) is 0 Å². The molecule has 0 spiro atoms. The summed E-state index contributed by atoms with van der Waals surface area (Å²) in [7, 11) is 1.65. The van der Waals surface area contributed by atoms with Crippen molar-refractivity contribution in [2.45, 2.75) is 0 Å². The normalized spacial score (nSPS) is 14.2. The van der Waals surface area contributed by atoms with E-state index >= 15 is 0 Å². The van der Waals surface area contributed by atoms with E-state index in [0.717, 1.165) is 11.4 Å². The third-order valence-corrected chi connectivity index (χ3v) is 4.81. The van der Waals surface area contributed by atoms with Crippen molar-refractivity contribution < 1.29 is 9.53 Å². The molecule has 1 aliphatic heterocycles. The lowest BCUT2D eigenvalue weighted by Gasteiger charge is -2.36. The van der Waals surface area contributed by atoms with Crippen LogP contribution in [0.5, 0.6) is 5.75 Å². The molecule has 2 heterocycles. The lowest BCUT2D eigenvalue weighted by Crippen LogP contribution is -2.49. The van der Waals surface area contributed by atoms with Gasteiger partial charge in [0.25, 0.3) is 5.91 Å². The molecule has 28 heavy (non-hydrogen) atoms. The maximum atomic E-state index is 12.8. The minimum absolute atomic E-state index is 0.0552. The number of amides is 1. The minimum Gasteiger partial charge on any atom is -0.495 e. The molecule has 1 amide bonds. The van der Waals surface area contributed by atoms with Gasteiger partial charge in [0.05, 0.1) is 18.5 Å². The number of ether oxygens (including phenoxy) is 1. The molecule has 0 aliphatic carbocycles. The van der Waals surface area contributed by atoms with Gasteiger partial charge in [-0.05, 0) is 24.3 Å². The molecule has 1 aliphatic rings. The third-order valence-electron chi connectivity index (χ3n) is 4.81. The van der Waals surface area contributed by atoms with E-state index in [1.165, 1.54) is 4.68 Å². The van der Waals surface area contributed by atoms with Crippen LogP contribution in [-0.4, -0.2) is 58.9 Å². The molecule has 144 valence electrons. The van der Waals surface area contributed by atoms with Crippen molar-refractivity contribution in [3.8, 4) is 11.4 Å². The summed E-state index contributed by atoms with van der Waals surface area (Å²) in [6.45, 7) is 2.43. The van der Waals surface area contributed by atoms with Gasteiger partial charge in [-0.2, -0.15) is 4.68 Å². The van der Waals surface area contributed by atoms with Crippen LogP contribution in [0.4, 0.5) is 5.69 Å². The monoisotopic (exact) mass is 379 g/mol. The Morgan fingerprint density at radius 3 is 2.39 bits per heavy atom. The molecule has 1 N–H and O–H groups in total. The standard InChI is InChI=1S/C20H21N5O3/c1-28-17-10-6-5-9-16(17)23-11-13-24(14-12-23)19(26)18-21-20(27)25(22-18)15-7-3-2-4-8-15/h2-10H,11-14H2,1H3,(H,21,22,27). The molecule has 2 aromatic carbocycles. The molecular formula is C20H21N5O3. The van der Waals surface area contributed by atoms with Crippen LogP contribution < -0.4 is 15.3 Å². The zero-order valence-corrected chi connectivity index (χ0v) is 15.5. The highest BCUT2D eigenvalue weighted by atomic mass is 16.5. The molecule has 1 saturated heterocycles. The topological polar surface area (TPSA) is 83.5 Å². The molecule has 4 rings (SSSR count). The van der Waals surface area contributed by atoms with Crippen LogP contribution in [0.15, 0.2) is 59.4 Å². The van der Waals surface area contributed by atoms with Gasteiger partial charge in [0.15, 0.2) is 0 Å². The minimum atomic E-state index is -0.429. The fraction of sp³-hybridized carbons (Fsp3) is 0.250. The summed E-state index contributed by atoms with van der Waals surface area (Å²) in [5, 5.41) is 4.18. The van der Waals surface area contributed by atoms with E-state index in [2.05, 4.69) is 15.0 Å². The number of carbonyl (C=O) groups is 1. The first-order valence-corrected chi connectivity index (χ1v) is 9.09.